The second-order valence-electron chi connectivity index (χ2n) is 7.37. The predicted octanol–water partition coefficient (Wildman–Crippen LogP) is 3.50. The number of benzene rings is 2. The van der Waals surface area contributed by atoms with Gasteiger partial charge in [-0.2, -0.15) is 0 Å². The van der Waals surface area contributed by atoms with Crippen LogP contribution >= 0.6 is 0 Å². The number of rotatable bonds is 6. The first-order valence-corrected chi connectivity index (χ1v) is 10.1. The molecule has 0 saturated heterocycles. The molecule has 0 atom stereocenters. The summed E-state index contributed by atoms with van der Waals surface area (Å²) in [6.45, 7) is 0.308. The highest BCUT2D eigenvalue weighted by molar-refractivity contribution is 5.98. The monoisotopic (exact) mass is 393 g/mol. The lowest BCUT2D eigenvalue weighted by Gasteiger charge is -2.20. The molecular weight excluding hydrogens is 366 g/mol. The van der Waals surface area contributed by atoms with Gasteiger partial charge in [-0.1, -0.05) is 37.5 Å². The van der Waals surface area contributed by atoms with Gasteiger partial charge in [0.05, 0.1) is 0 Å². The number of amides is 3. The molecule has 0 spiro atoms. The second kappa shape index (κ2) is 9.87. The maximum atomic E-state index is 12.5. The maximum absolute atomic E-state index is 12.5. The normalized spacial score (nSPS) is 14.1. The van der Waals surface area contributed by atoms with Gasteiger partial charge in [-0.15, -0.1) is 0 Å². The van der Waals surface area contributed by atoms with Gasteiger partial charge in [-0.3, -0.25) is 14.4 Å². The fourth-order valence-electron chi connectivity index (χ4n) is 3.60. The summed E-state index contributed by atoms with van der Waals surface area (Å²) in [5.74, 6) is -0.300. The molecule has 3 N–H and O–H groups in total. The van der Waals surface area contributed by atoms with Gasteiger partial charge in [0, 0.05) is 36.3 Å². The van der Waals surface area contributed by atoms with Crippen LogP contribution in [0.5, 0.6) is 0 Å². The van der Waals surface area contributed by atoms with Crippen molar-refractivity contribution in [3.05, 3.63) is 65.2 Å². The predicted molar refractivity (Wildman–Crippen MR) is 113 cm³/mol. The minimum absolute atomic E-state index is 0.0354. The Balaban J connectivity index is 1.59. The van der Waals surface area contributed by atoms with Crippen molar-refractivity contribution in [2.45, 2.75) is 38.6 Å². The molecule has 1 aliphatic rings. The van der Waals surface area contributed by atoms with E-state index in [1.54, 1.807) is 49.5 Å². The van der Waals surface area contributed by atoms with E-state index in [4.69, 9.17) is 0 Å². The minimum Gasteiger partial charge on any atom is -0.355 e. The van der Waals surface area contributed by atoms with Crippen molar-refractivity contribution in [2.24, 2.45) is 5.92 Å². The molecule has 0 aromatic heterocycles. The zero-order chi connectivity index (χ0) is 20.6. The minimum atomic E-state index is -0.232. The zero-order valence-electron chi connectivity index (χ0n) is 16.7. The van der Waals surface area contributed by atoms with Crippen LogP contribution < -0.4 is 16.0 Å². The Kier molecular flexibility index (Phi) is 7.00. The SMILES string of the molecule is CNC(=O)c1cccc(CNC(=O)c2cccc(NC(=O)C3CCCCC3)c2)c1. The van der Waals surface area contributed by atoms with Gasteiger partial charge < -0.3 is 16.0 Å². The van der Waals surface area contributed by atoms with Crippen LogP contribution in [0.1, 0.15) is 58.4 Å². The molecule has 2 aromatic carbocycles. The summed E-state index contributed by atoms with van der Waals surface area (Å²) in [6.07, 6.45) is 5.26. The largest absolute Gasteiger partial charge is 0.355 e. The quantitative estimate of drug-likeness (QED) is 0.702. The number of carbonyl (C=O) groups is 3. The van der Waals surface area contributed by atoms with Gasteiger partial charge in [0.25, 0.3) is 11.8 Å². The van der Waals surface area contributed by atoms with E-state index in [2.05, 4.69) is 16.0 Å². The number of hydrogen-bond acceptors (Lipinski definition) is 3. The molecule has 1 aliphatic carbocycles. The third-order valence-corrected chi connectivity index (χ3v) is 5.24. The highest BCUT2D eigenvalue weighted by Gasteiger charge is 2.21. The third-order valence-electron chi connectivity index (χ3n) is 5.24. The summed E-state index contributed by atoms with van der Waals surface area (Å²) < 4.78 is 0. The van der Waals surface area contributed by atoms with Crippen LogP contribution in [-0.2, 0) is 11.3 Å². The standard InChI is InChI=1S/C23H27N3O3/c1-24-21(27)18-10-5-7-16(13-18)15-25-22(28)19-11-6-12-20(14-19)26-23(29)17-8-3-2-4-9-17/h5-7,10-14,17H,2-4,8-9,15H2,1H3,(H,24,27)(H,25,28)(H,26,29). The molecular formula is C23H27N3O3. The molecule has 1 saturated carbocycles. The van der Waals surface area contributed by atoms with Gasteiger partial charge in [-0.05, 0) is 48.7 Å². The van der Waals surface area contributed by atoms with Gasteiger partial charge in [0.1, 0.15) is 0 Å². The van der Waals surface area contributed by atoms with Crippen LogP contribution in [0, 0.1) is 5.92 Å². The van der Waals surface area contributed by atoms with Crippen molar-refractivity contribution >= 4 is 23.4 Å². The smallest absolute Gasteiger partial charge is 0.251 e. The Labute approximate surface area is 171 Å². The summed E-state index contributed by atoms with van der Waals surface area (Å²) in [5, 5.41) is 8.39. The highest BCUT2D eigenvalue weighted by Crippen LogP contribution is 2.25. The first-order valence-electron chi connectivity index (χ1n) is 10.1. The van der Waals surface area contributed by atoms with E-state index < -0.39 is 0 Å². The number of anilines is 1. The molecule has 3 amide bonds. The average Bonchev–Trinajstić information content (AvgIpc) is 2.77. The van der Waals surface area contributed by atoms with Crippen molar-refractivity contribution in [3.8, 4) is 0 Å². The molecule has 0 bridgehead atoms. The molecule has 0 heterocycles. The van der Waals surface area contributed by atoms with Crippen molar-refractivity contribution < 1.29 is 14.4 Å². The van der Waals surface area contributed by atoms with E-state index in [9.17, 15) is 14.4 Å². The Hall–Kier alpha value is -3.15. The third kappa shape index (κ3) is 5.67. The summed E-state index contributed by atoms with van der Waals surface area (Å²) >= 11 is 0. The summed E-state index contributed by atoms with van der Waals surface area (Å²) in [5.41, 5.74) is 2.50. The molecule has 152 valence electrons. The Morgan fingerprint density at radius 2 is 1.59 bits per heavy atom. The van der Waals surface area contributed by atoms with Gasteiger partial charge in [0.2, 0.25) is 5.91 Å². The lowest BCUT2D eigenvalue weighted by molar-refractivity contribution is -0.120. The number of nitrogens with one attached hydrogen (secondary N) is 3. The van der Waals surface area contributed by atoms with E-state index >= 15 is 0 Å². The van der Waals surface area contributed by atoms with Crippen molar-refractivity contribution in [3.63, 3.8) is 0 Å². The molecule has 29 heavy (non-hydrogen) atoms. The molecule has 0 unspecified atom stereocenters. The van der Waals surface area contributed by atoms with E-state index in [1.807, 2.05) is 6.07 Å². The van der Waals surface area contributed by atoms with Crippen LogP contribution in [-0.4, -0.2) is 24.8 Å². The molecule has 6 heteroatoms. The van der Waals surface area contributed by atoms with E-state index in [-0.39, 0.29) is 23.6 Å². The lowest BCUT2D eigenvalue weighted by atomic mass is 9.88. The van der Waals surface area contributed by atoms with Crippen LogP contribution in [0.2, 0.25) is 0 Å². The maximum Gasteiger partial charge on any atom is 0.251 e. The fraction of sp³-hybridized carbons (Fsp3) is 0.348. The Morgan fingerprint density at radius 1 is 0.897 bits per heavy atom. The van der Waals surface area contributed by atoms with Crippen LogP contribution in [0.4, 0.5) is 5.69 Å². The Bertz CT molecular complexity index is 888. The topological polar surface area (TPSA) is 87.3 Å². The Morgan fingerprint density at radius 3 is 2.31 bits per heavy atom. The second-order valence-corrected chi connectivity index (χ2v) is 7.37. The molecule has 6 nitrogen and oxygen atoms in total. The van der Waals surface area contributed by atoms with Gasteiger partial charge in [0.15, 0.2) is 0 Å². The first-order chi connectivity index (χ1) is 14.1. The van der Waals surface area contributed by atoms with E-state index in [0.717, 1.165) is 31.2 Å². The summed E-state index contributed by atoms with van der Waals surface area (Å²) in [4.78, 5) is 36.7. The number of hydrogen-bond donors (Lipinski definition) is 3. The molecule has 0 aliphatic heterocycles. The molecule has 3 rings (SSSR count). The fourth-order valence-corrected chi connectivity index (χ4v) is 3.60. The van der Waals surface area contributed by atoms with Crippen LogP contribution in [0.3, 0.4) is 0 Å². The molecule has 1 fully saturated rings. The summed E-state index contributed by atoms with van der Waals surface area (Å²) in [7, 11) is 1.58. The van der Waals surface area contributed by atoms with Crippen molar-refractivity contribution in [2.75, 3.05) is 12.4 Å². The molecule has 0 radical (unpaired) electrons. The lowest BCUT2D eigenvalue weighted by Crippen LogP contribution is -2.25. The van der Waals surface area contributed by atoms with E-state index in [1.165, 1.54) is 6.42 Å². The van der Waals surface area contributed by atoms with Crippen molar-refractivity contribution in [1.82, 2.24) is 10.6 Å². The average molecular weight is 393 g/mol. The first kappa shape index (κ1) is 20.6. The van der Waals surface area contributed by atoms with E-state index in [0.29, 0.717) is 23.4 Å². The number of carbonyl (C=O) groups excluding carboxylic acids is 3. The van der Waals surface area contributed by atoms with Crippen molar-refractivity contribution in [1.29, 1.82) is 0 Å². The zero-order valence-corrected chi connectivity index (χ0v) is 16.7. The van der Waals surface area contributed by atoms with Gasteiger partial charge >= 0.3 is 0 Å². The van der Waals surface area contributed by atoms with Crippen LogP contribution in [0.15, 0.2) is 48.5 Å². The summed E-state index contributed by atoms with van der Waals surface area (Å²) in [6, 6.07) is 14.1. The van der Waals surface area contributed by atoms with Gasteiger partial charge in [-0.25, -0.2) is 0 Å². The van der Waals surface area contributed by atoms with Crippen LogP contribution in [0.25, 0.3) is 0 Å². The highest BCUT2D eigenvalue weighted by atomic mass is 16.2. The molecule has 2 aromatic rings.